The molecule has 0 fully saturated rings. The third-order valence-corrected chi connectivity index (χ3v) is 5.73. The third-order valence-electron chi connectivity index (χ3n) is 4.94. The maximum Gasteiger partial charge on any atom is 0.255 e. The molecule has 0 spiro atoms. The standard InChI is InChI=1S/C21H25N3O2S/c1-13-6-4-9-17(14(2)25)18(13)23-19(26)15-7-5-8-16(12-15)21(3)10-11-27-20(22)24-21/h4-9,12,14,25H,10-11H2,1-3H3,(H2,22,24)(H,23,26). The molecular weight excluding hydrogens is 358 g/mol. The van der Waals surface area contributed by atoms with Gasteiger partial charge in [0.05, 0.1) is 11.6 Å². The molecule has 0 aliphatic carbocycles. The number of nitrogens with zero attached hydrogens (tertiary/aromatic N) is 1. The van der Waals surface area contributed by atoms with E-state index in [0.29, 0.717) is 22.0 Å². The topological polar surface area (TPSA) is 87.7 Å². The van der Waals surface area contributed by atoms with E-state index in [1.807, 2.05) is 50.2 Å². The Morgan fingerprint density at radius 2 is 2.07 bits per heavy atom. The van der Waals surface area contributed by atoms with Crippen LogP contribution in [0.3, 0.4) is 0 Å². The number of nitrogens with one attached hydrogen (secondary N) is 1. The number of anilines is 1. The van der Waals surface area contributed by atoms with E-state index >= 15 is 0 Å². The quantitative estimate of drug-likeness (QED) is 0.745. The van der Waals surface area contributed by atoms with Gasteiger partial charge in [0.2, 0.25) is 0 Å². The Morgan fingerprint density at radius 3 is 2.78 bits per heavy atom. The Kier molecular flexibility index (Phi) is 5.58. The molecule has 2 unspecified atom stereocenters. The summed E-state index contributed by atoms with van der Waals surface area (Å²) in [5, 5.41) is 13.6. The van der Waals surface area contributed by atoms with Crippen LogP contribution in [0.5, 0.6) is 0 Å². The number of aliphatic hydroxyl groups is 1. The minimum absolute atomic E-state index is 0.209. The van der Waals surface area contributed by atoms with Crippen molar-refractivity contribution in [1.82, 2.24) is 0 Å². The van der Waals surface area contributed by atoms with Crippen molar-refractivity contribution in [2.24, 2.45) is 10.7 Å². The summed E-state index contributed by atoms with van der Waals surface area (Å²) < 4.78 is 0. The zero-order chi connectivity index (χ0) is 19.6. The molecule has 142 valence electrons. The van der Waals surface area contributed by atoms with Gasteiger partial charge in [-0.15, -0.1) is 0 Å². The lowest BCUT2D eigenvalue weighted by molar-refractivity contribution is 0.102. The first kappa shape index (κ1) is 19.5. The van der Waals surface area contributed by atoms with Crippen LogP contribution in [0.2, 0.25) is 0 Å². The molecule has 1 aliphatic rings. The van der Waals surface area contributed by atoms with Crippen LogP contribution in [0.4, 0.5) is 5.69 Å². The van der Waals surface area contributed by atoms with Gasteiger partial charge in [-0.05, 0) is 50.5 Å². The number of hydrogen-bond acceptors (Lipinski definition) is 5. The Labute approximate surface area is 164 Å². The summed E-state index contributed by atoms with van der Waals surface area (Å²) in [5.41, 5.74) is 9.30. The van der Waals surface area contributed by atoms with Crippen molar-refractivity contribution in [1.29, 1.82) is 0 Å². The van der Waals surface area contributed by atoms with Gasteiger partial charge in [-0.25, -0.2) is 0 Å². The highest BCUT2D eigenvalue weighted by Crippen LogP contribution is 2.35. The van der Waals surface area contributed by atoms with Crippen molar-refractivity contribution in [2.45, 2.75) is 38.8 Å². The van der Waals surface area contributed by atoms with Gasteiger partial charge in [-0.3, -0.25) is 9.79 Å². The Bertz CT molecular complexity index is 895. The minimum atomic E-state index is -0.664. The summed E-state index contributed by atoms with van der Waals surface area (Å²) in [6.45, 7) is 5.65. The maximum absolute atomic E-state index is 12.9. The second kappa shape index (κ2) is 7.74. The summed E-state index contributed by atoms with van der Waals surface area (Å²) in [7, 11) is 0. The number of thioether (sulfide) groups is 1. The van der Waals surface area contributed by atoms with Crippen molar-refractivity contribution in [2.75, 3.05) is 11.1 Å². The molecule has 1 amide bonds. The third kappa shape index (κ3) is 4.17. The van der Waals surface area contributed by atoms with E-state index in [0.717, 1.165) is 23.3 Å². The number of amides is 1. The van der Waals surface area contributed by atoms with E-state index in [4.69, 9.17) is 5.73 Å². The van der Waals surface area contributed by atoms with E-state index in [-0.39, 0.29) is 5.91 Å². The Hall–Kier alpha value is -2.31. The van der Waals surface area contributed by atoms with Crippen LogP contribution < -0.4 is 11.1 Å². The number of aliphatic imine (C=N–C) groups is 1. The second-order valence-electron chi connectivity index (χ2n) is 7.07. The highest BCUT2D eigenvalue weighted by Gasteiger charge is 2.30. The second-order valence-corrected chi connectivity index (χ2v) is 8.19. The number of para-hydroxylation sites is 1. The number of hydrogen-bond donors (Lipinski definition) is 3. The summed E-state index contributed by atoms with van der Waals surface area (Å²) in [6.07, 6.45) is 0.204. The fourth-order valence-corrected chi connectivity index (χ4v) is 4.26. The molecule has 3 rings (SSSR count). The zero-order valence-electron chi connectivity index (χ0n) is 15.8. The average Bonchev–Trinajstić information content (AvgIpc) is 2.63. The smallest absolute Gasteiger partial charge is 0.255 e. The van der Waals surface area contributed by atoms with Gasteiger partial charge < -0.3 is 16.2 Å². The van der Waals surface area contributed by atoms with Crippen molar-refractivity contribution in [3.63, 3.8) is 0 Å². The number of rotatable bonds is 4. The lowest BCUT2D eigenvalue weighted by Crippen LogP contribution is -2.29. The van der Waals surface area contributed by atoms with Crippen LogP contribution in [0.15, 0.2) is 47.5 Å². The van der Waals surface area contributed by atoms with Crippen LogP contribution in [-0.4, -0.2) is 21.9 Å². The van der Waals surface area contributed by atoms with Gasteiger partial charge in [0.15, 0.2) is 5.17 Å². The number of aliphatic hydroxyl groups excluding tert-OH is 1. The van der Waals surface area contributed by atoms with Crippen LogP contribution in [0.1, 0.15) is 53.4 Å². The SMILES string of the molecule is Cc1cccc(C(C)O)c1NC(=O)c1cccc(C2(C)CCSC(N)=N2)c1. The van der Waals surface area contributed by atoms with E-state index < -0.39 is 11.6 Å². The molecule has 2 atom stereocenters. The number of nitrogens with two attached hydrogens (primary N) is 1. The molecule has 2 aromatic carbocycles. The van der Waals surface area contributed by atoms with Gasteiger partial charge >= 0.3 is 0 Å². The van der Waals surface area contributed by atoms with E-state index in [1.165, 1.54) is 0 Å². The molecule has 0 saturated carbocycles. The molecule has 0 bridgehead atoms. The molecule has 0 radical (unpaired) electrons. The van der Waals surface area contributed by atoms with Gasteiger partial charge in [-0.1, -0.05) is 42.1 Å². The Balaban J connectivity index is 1.91. The summed E-state index contributed by atoms with van der Waals surface area (Å²) in [4.78, 5) is 17.5. The monoisotopic (exact) mass is 383 g/mol. The average molecular weight is 384 g/mol. The van der Waals surface area contributed by atoms with Gasteiger partial charge in [0.1, 0.15) is 0 Å². The number of benzene rings is 2. The predicted octanol–water partition coefficient (Wildman–Crippen LogP) is 3.97. The molecule has 4 N–H and O–H groups in total. The predicted molar refractivity (Wildman–Crippen MR) is 112 cm³/mol. The summed E-state index contributed by atoms with van der Waals surface area (Å²) in [5.74, 6) is 0.697. The molecule has 27 heavy (non-hydrogen) atoms. The largest absolute Gasteiger partial charge is 0.389 e. The first-order chi connectivity index (χ1) is 12.8. The number of carbonyl (C=O) groups excluding carboxylic acids is 1. The molecule has 5 nitrogen and oxygen atoms in total. The van der Waals surface area contributed by atoms with Crippen molar-refractivity contribution in [3.8, 4) is 0 Å². The lowest BCUT2D eigenvalue weighted by atomic mass is 9.88. The highest BCUT2D eigenvalue weighted by atomic mass is 32.2. The first-order valence-corrected chi connectivity index (χ1v) is 9.96. The molecule has 2 aromatic rings. The normalized spacial score (nSPS) is 20.7. The molecule has 0 saturated heterocycles. The lowest BCUT2D eigenvalue weighted by Gasteiger charge is -2.30. The van der Waals surface area contributed by atoms with Gasteiger partial charge in [0.25, 0.3) is 5.91 Å². The molecule has 1 heterocycles. The van der Waals surface area contributed by atoms with E-state index in [9.17, 15) is 9.90 Å². The first-order valence-electron chi connectivity index (χ1n) is 8.98. The number of aryl methyl sites for hydroxylation is 1. The van der Waals surface area contributed by atoms with E-state index in [2.05, 4.69) is 10.3 Å². The van der Waals surface area contributed by atoms with E-state index in [1.54, 1.807) is 24.8 Å². The van der Waals surface area contributed by atoms with Crippen LogP contribution in [-0.2, 0) is 5.54 Å². The van der Waals surface area contributed by atoms with Crippen LogP contribution in [0, 0.1) is 6.92 Å². The Morgan fingerprint density at radius 1 is 1.33 bits per heavy atom. The molecular formula is C21H25N3O2S. The highest BCUT2D eigenvalue weighted by molar-refractivity contribution is 8.13. The van der Waals surface area contributed by atoms with Gasteiger partial charge in [0, 0.05) is 22.6 Å². The number of amidine groups is 1. The number of carbonyl (C=O) groups is 1. The van der Waals surface area contributed by atoms with Crippen LogP contribution in [0.25, 0.3) is 0 Å². The van der Waals surface area contributed by atoms with Gasteiger partial charge in [-0.2, -0.15) is 0 Å². The maximum atomic E-state index is 12.9. The summed E-state index contributed by atoms with van der Waals surface area (Å²) >= 11 is 1.56. The fraction of sp³-hybridized carbons (Fsp3) is 0.333. The molecule has 1 aliphatic heterocycles. The fourth-order valence-electron chi connectivity index (χ4n) is 3.29. The van der Waals surface area contributed by atoms with Crippen molar-refractivity contribution in [3.05, 3.63) is 64.7 Å². The van der Waals surface area contributed by atoms with Crippen LogP contribution >= 0.6 is 11.8 Å². The minimum Gasteiger partial charge on any atom is -0.389 e. The zero-order valence-corrected chi connectivity index (χ0v) is 16.6. The molecule has 6 heteroatoms. The molecule has 0 aromatic heterocycles. The van der Waals surface area contributed by atoms with Crippen molar-refractivity contribution < 1.29 is 9.90 Å². The summed E-state index contributed by atoms with van der Waals surface area (Å²) in [6, 6.07) is 13.1. The van der Waals surface area contributed by atoms with Crippen molar-refractivity contribution >= 4 is 28.5 Å².